The number of ketones is 1. The van der Waals surface area contributed by atoms with Crippen LogP contribution >= 0.6 is 23.5 Å². The fourth-order valence-corrected chi connectivity index (χ4v) is 4.05. The third-order valence-corrected chi connectivity index (χ3v) is 5.61. The maximum absolute atomic E-state index is 12.8. The van der Waals surface area contributed by atoms with E-state index in [4.69, 9.17) is 11.6 Å². The monoisotopic (exact) mass is 404 g/mol. The number of carbonyl (C=O) groups excluding carboxylic acids is 1. The molecule has 0 aliphatic heterocycles. The Labute approximate surface area is 172 Å². The molecule has 0 aliphatic carbocycles. The number of aromatic nitrogens is 1. The molecular formula is C23H17ClN2OS. The molecule has 0 fully saturated rings. The van der Waals surface area contributed by atoms with E-state index >= 15 is 0 Å². The number of aryl methyl sites for hydroxylation is 1. The zero-order valence-electron chi connectivity index (χ0n) is 15.1. The van der Waals surface area contributed by atoms with Crippen LogP contribution < -0.4 is 4.72 Å². The first kappa shape index (κ1) is 18.5. The lowest BCUT2D eigenvalue weighted by molar-refractivity contribution is 0.103. The molecule has 0 aliphatic rings. The topological polar surface area (TPSA) is 42.0 Å². The van der Waals surface area contributed by atoms with E-state index in [0.29, 0.717) is 16.1 Å². The van der Waals surface area contributed by atoms with Crippen LogP contribution in [-0.4, -0.2) is 10.8 Å². The molecule has 5 heteroatoms. The number of benzene rings is 3. The van der Waals surface area contributed by atoms with Gasteiger partial charge in [-0.3, -0.25) is 9.78 Å². The lowest BCUT2D eigenvalue weighted by atomic mass is 9.99. The maximum Gasteiger partial charge on any atom is 0.194 e. The predicted octanol–water partition coefficient (Wildman–Crippen LogP) is 6.55. The van der Waals surface area contributed by atoms with Crippen molar-refractivity contribution in [1.29, 1.82) is 0 Å². The molecule has 1 heterocycles. The summed E-state index contributed by atoms with van der Waals surface area (Å²) >= 11 is 7.87. The molecule has 3 aromatic carbocycles. The summed E-state index contributed by atoms with van der Waals surface area (Å²) < 4.78 is 3.33. The van der Waals surface area contributed by atoms with Crippen LogP contribution in [0.4, 0.5) is 5.69 Å². The molecule has 4 aromatic rings. The first-order valence-corrected chi connectivity index (χ1v) is 9.99. The van der Waals surface area contributed by atoms with E-state index in [0.717, 1.165) is 27.0 Å². The molecule has 3 nitrogen and oxygen atoms in total. The van der Waals surface area contributed by atoms with Crippen molar-refractivity contribution in [2.75, 3.05) is 4.72 Å². The molecule has 0 spiro atoms. The minimum atomic E-state index is -0.0640. The number of nitrogens with zero attached hydrogens (tertiary/aromatic N) is 1. The molecule has 0 atom stereocenters. The molecule has 0 bridgehead atoms. The number of para-hydroxylation sites is 1. The fourth-order valence-electron chi connectivity index (χ4n) is 3.02. The highest BCUT2D eigenvalue weighted by Gasteiger charge is 2.15. The second kappa shape index (κ2) is 8.05. The van der Waals surface area contributed by atoms with Gasteiger partial charge < -0.3 is 4.72 Å². The first-order chi connectivity index (χ1) is 13.6. The average Bonchev–Trinajstić information content (AvgIpc) is 2.72. The second-order valence-electron chi connectivity index (χ2n) is 6.37. The van der Waals surface area contributed by atoms with Gasteiger partial charge in [0.1, 0.15) is 0 Å². The Morgan fingerprint density at radius 1 is 0.964 bits per heavy atom. The molecule has 1 aromatic heterocycles. The summed E-state index contributed by atoms with van der Waals surface area (Å²) in [6.07, 6.45) is 1.78. The summed E-state index contributed by atoms with van der Waals surface area (Å²) in [6, 6.07) is 23.0. The van der Waals surface area contributed by atoms with Crippen molar-refractivity contribution >= 4 is 45.9 Å². The van der Waals surface area contributed by atoms with Crippen molar-refractivity contribution in [3.63, 3.8) is 0 Å². The third-order valence-electron chi connectivity index (χ3n) is 4.49. The van der Waals surface area contributed by atoms with E-state index < -0.39 is 0 Å². The van der Waals surface area contributed by atoms with Crippen molar-refractivity contribution in [2.24, 2.45) is 0 Å². The SMILES string of the molecule is Cc1ccccc1C(=O)c1ccc(SNc2cccc3cccnc23)cc1Cl. The zero-order chi connectivity index (χ0) is 19.5. The van der Waals surface area contributed by atoms with Gasteiger partial charge in [-0.15, -0.1) is 0 Å². The Balaban J connectivity index is 1.55. The first-order valence-electron chi connectivity index (χ1n) is 8.80. The molecular weight excluding hydrogens is 388 g/mol. The summed E-state index contributed by atoms with van der Waals surface area (Å²) in [6.45, 7) is 1.92. The van der Waals surface area contributed by atoms with Gasteiger partial charge in [0.2, 0.25) is 0 Å². The number of rotatable bonds is 5. The highest BCUT2D eigenvalue weighted by molar-refractivity contribution is 8.00. The predicted molar refractivity (Wildman–Crippen MR) is 117 cm³/mol. The number of hydrogen-bond donors (Lipinski definition) is 1. The Bertz CT molecular complexity index is 1170. The number of halogens is 1. The Hall–Kier alpha value is -2.82. The van der Waals surface area contributed by atoms with Crippen LogP contribution in [0.5, 0.6) is 0 Å². The standard InChI is InChI=1S/C23H17ClN2OS/c1-15-6-2-3-9-18(15)23(27)19-12-11-17(14-20(19)24)28-26-21-10-4-7-16-8-5-13-25-22(16)21/h2-14,26H,1H3. The van der Waals surface area contributed by atoms with Crippen LogP contribution in [0, 0.1) is 6.92 Å². The van der Waals surface area contributed by atoms with Crippen molar-refractivity contribution in [3.05, 3.63) is 101 Å². The number of fused-ring (bicyclic) bond motifs is 1. The molecule has 1 N–H and O–H groups in total. The molecule has 28 heavy (non-hydrogen) atoms. The van der Waals surface area contributed by atoms with Crippen molar-refractivity contribution in [2.45, 2.75) is 11.8 Å². The van der Waals surface area contributed by atoms with Crippen LogP contribution in [0.2, 0.25) is 5.02 Å². The van der Waals surface area contributed by atoms with Gasteiger partial charge in [0.15, 0.2) is 5.78 Å². The Morgan fingerprint density at radius 2 is 1.79 bits per heavy atom. The zero-order valence-corrected chi connectivity index (χ0v) is 16.7. The molecule has 0 radical (unpaired) electrons. The van der Waals surface area contributed by atoms with Gasteiger partial charge in [-0.1, -0.05) is 54.1 Å². The maximum atomic E-state index is 12.8. The third kappa shape index (κ3) is 3.75. The minimum absolute atomic E-state index is 0.0640. The van der Waals surface area contributed by atoms with E-state index in [1.54, 1.807) is 12.3 Å². The van der Waals surface area contributed by atoms with Crippen molar-refractivity contribution < 1.29 is 4.79 Å². The summed E-state index contributed by atoms with van der Waals surface area (Å²) in [5, 5.41) is 1.52. The minimum Gasteiger partial charge on any atom is -0.324 e. The van der Waals surface area contributed by atoms with E-state index in [2.05, 4.69) is 9.71 Å². The smallest absolute Gasteiger partial charge is 0.194 e. The molecule has 4 rings (SSSR count). The van der Waals surface area contributed by atoms with Gasteiger partial charge in [-0.2, -0.15) is 0 Å². The Kier molecular flexibility index (Phi) is 5.33. The van der Waals surface area contributed by atoms with Gasteiger partial charge in [-0.25, -0.2) is 0 Å². The lowest BCUT2D eigenvalue weighted by Crippen LogP contribution is -2.04. The number of hydrogen-bond acceptors (Lipinski definition) is 4. The van der Waals surface area contributed by atoms with Crippen LogP contribution in [0.15, 0.2) is 83.9 Å². The van der Waals surface area contributed by atoms with Crippen molar-refractivity contribution in [1.82, 2.24) is 4.98 Å². The van der Waals surface area contributed by atoms with Crippen LogP contribution in [0.25, 0.3) is 10.9 Å². The number of pyridine rings is 1. The second-order valence-corrected chi connectivity index (χ2v) is 7.66. The largest absolute Gasteiger partial charge is 0.324 e. The summed E-state index contributed by atoms with van der Waals surface area (Å²) in [5.41, 5.74) is 3.96. The average molecular weight is 405 g/mol. The fraction of sp³-hybridized carbons (Fsp3) is 0.0435. The number of carbonyl (C=O) groups is 1. The van der Waals surface area contributed by atoms with Crippen LogP contribution in [-0.2, 0) is 0 Å². The molecule has 0 amide bonds. The van der Waals surface area contributed by atoms with E-state index in [9.17, 15) is 4.79 Å². The summed E-state index contributed by atoms with van der Waals surface area (Å²) in [4.78, 5) is 18.2. The summed E-state index contributed by atoms with van der Waals surface area (Å²) in [7, 11) is 0. The normalized spacial score (nSPS) is 10.8. The van der Waals surface area contributed by atoms with Gasteiger partial charge in [-0.05, 0) is 54.8 Å². The molecule has 138 valence electrons. The van der Waals surface area contributed by atoms with Gasteiger partial charge in [0.05, 0.1) is 16.2 Å². The lowest BCUT2D eigenvalue weighted by Gasteiger charge is -2.10. The molecule has 0 saturated carbocycles. The molecule has 0 unspecified atom stereocenters. The number of anilines is 1. The highest BCUT2D eigenvalue weighted by atomic mass is 35.5. The van der Waals surface area contributed by atoms with Crippen molar-refractivity contribution in [3.8, 4) is 0 Å². The highest BCUT2D eigenvalue weighted by Crippen LogP contribution is 2.30. The van der Waals surface area contributed by atoms with Crippen LogP contribution in [0.1, 0.15) is 21.5 Å². The van der Waals surface area contributed by atoms with E-state index in [-0.39, 0.29) is 5.78 Å². The summed E-state index contributed by atoms with van der Waals surface area (Å²) in [5.74, 6) is -0.0640. The quantitative estimate of drug-likeness (QED) is 0.302. The van der Waals surface area contributed by atoms with Gasteiger partial charge >= 0.3 is 0 Å². The van der Waals surface area contributed by atoms with E-state index in [1.165, 1.54) is 11.9 Å². The van der Waals surface area contributed by atoms with E-state index in [1.807, 2.05) is 73.7 Å². The Morgan fingerprint density at radius 3 is 2.61 bits per heavy atom. The van der Waals surface area contributed by atoms with Crippen LogP contribution in [0.3, 0.4) is 0 Å². The number of nitrogens with one attached hydrogen (secondary N) is 1. The van der Waals surface area contributed by atoms with Gasteiger partial charge in [0.25, 0.3) is 0 Å². The molecule has 0 saturated heterocycles. The van der Waals surface area contributed by atoms with Gasteiger partial charge in [0, 0.05) is 27.6 Å².